The van der Waals surface area contributed by atoms with Gasteiger partial charge in [0.05, 0.1) is 10.6 Å². The maximum Gasteiger partial charge on any atom is 0.243 e. The Kier molecular flexibility index (Phi) is 6.74. The summed E-state index contributed by atoms with van der Waals surface area (Å²) in [6.07, 6.45) is 2.52. The Morgan fingerprint density at radius 2 is 1.83 bits per heavy atom. The van der Waals surface area contributed by atoms with Gasteiger partial charge >= 0.3 is 0 Å². The van der Waals surface area contributed by atoms with Crippen LogP contribution < -0.4 is 5.32 Å². The molecule has 0 saturated carbocycles. The number of sulfonamides is 1. The molecule has 1 saturated heterocycles. The summed E-state index contributed by atoms with van der Waals surface area (Å²) in [5.74, 6) is 1.01. The van der Waals surface area contributed by atoms with Crippen molar-refractivity contribution in [2.75, 3.05) is 19.6 Å². The highest BCUT2D eigenvalue weighted by atomic mass is 32.2. The van der Waals surface area contributed by atoms with Crippen LogP contribution in [0.3, 0.4) is 0 Å². The Balaban J connectivity index is 1.44. The molecule has 7 nitrogen and oxygen atoms in total. The van der Waals surface area contributed by atoms with E-state index in [9.17, 15) is 13.2 Å². The van der Waals surface area contributed by atoms with Gasteiger partial charge in [0.15, 0.2) is 0 Å². The van der Waals surface area contributed by atoms with Gasteiger partial charge in [-0.15, -0.1) is 0 Å². The summed E-state index contributed by atoms with van der Waals surface area (Å²) in [6, 6.07) is 6.94. The average molecular weight is 420 g/mol. The zero-order valence-corrected chi connectivity index (χ0v) is 18.1. The van der Waals surface area contributed by atoms with Gasteiger partial charge in [-0.25, -0.2) is 8.42 Å². The lowest BCUT2D eigenvalue weighted by molar-refractivity contribution is -0.122. The quantitative estimate of drug-likeness (QED) is 0.745. The smallest absolute Gasteiger partial charge is 0.243 e. The molecule has 0 spiro atoms. The molecule has 0 aliphatic carbocycles. The predicted molar refractivity (Wildman–Crippen MR) is 110 cm³/mol. The molecule has 1 aromatic heterocycles. The van der Waals surface area contributed by atoms with E-state index in [0.717, 1.165) is 22.6 Å². The van der Waals surface area contributed by atoms with E-state index in [1.165, 1.54) is 4.31 Å². The number of hydrogen-bond donors (Lipinski definition) is 1. The maximum absolute atomic E-state index is 12.8. The van der Waals surface area contributed by atoms with Crippen molar-refractivity contribution in [1.82, 2.24) is 14.8 Å². The average Bonchev–Trinajstić information content (AvgIpc) is 3.01. The summed E-state index contributed by atoms with van der Waals surface area (Å²) >= 11 is 0. The Labute approximate surface area is 172 Å². The Hall–Kier alpha value is -2.19. The van der Waals surface area contributed by atoms with Crippen molar-refractivity contribution >= 4 is 15.9 Å². The summed E-state index contributed by atoms with van der Waals surface area (Å²) < 4.78 is 32.2. The Morgan fingerprint density at radius 1 is 1.17 bits per heavy atom. The van der Waals surface area contributed by atoms with Gasteiger partial charge < -0.3 is 9.84 Å². The molecule has 1 aliphatic rings. The van der Waals surface area contributed by atoms with Crippen molar-refractivity contribution in [3.05, 3.63) is 46.8 Å². The molecular weight excluding hydrogens is 390 g/mol. The lowest BCUT2D eigenvalue weighted by atomic mass is 9.94. The summed E-state index contributed by atoms with van der Waals surface area (Å²) in [5, 5.41) is 6.87. The van der Waals surface area contributed by atoms with Crippen LogP contribution in [0.5, 0.6) is 0 Å². The standard InChI is InChI=1S/C21H29N3O4S/c1-15-4-6-19(7-5-15)29(26,27)24-12-9-18(10-13-24)14-21(25)22-11-8-20-16(2)23-28-17(20)3/h4-7,18H,8-14H2,1-3H3,(H,22,25). The van der Waals surface area contributed by atoms with Crippen LogP contribution >= 0.6 is 0 Å². The van der Waals surface area contributed by atoms with Gasteiger partial charge in [0.1, 0.15) is 5.76 Å². The monoisotopic (exact) mass is 419 g/mol. The summed E-state index contributed by atoms with van der Waals surface area (Å²) in [7, 11) is -3.46. The highest BCUT2D eigenvalue weighted by molar-refractivity contribution is 7.89. The van der Waals surface area contributed by atoms with Crippen LogP contribution in [0.1, 0.15) is 41.8 Å². The van der Waals surface area contributed by atoms with E-state index in [-0.39, 0.29) is 11.8 Å². The van der Waals surface area contributed by atoms with Crippen LogP contribution in [0.4, 0.5) is 0 Å². The van der Waals surface area contributed by atoms with Gasteiger partial charge in [-0.1, -0.05) is 22.9 Å². The molecule has 2 heterocycles. The highest BCUT2D eigenvalue weighted by Gasteiger charge is 2.30. The van der Waals surface area contributed by atoms with E-state index >= 15 is 0 Å². The highest BCUT2D eigenvalue weighted by Crippen LogP contribution is 2.25. The number of carbonyl (C=O) groups excluding carboxylic acids is 1. The first-order valence-electron chi connectivity index (χ1n) is 10.0. The number of rotatable bonds is 7. The number of benzene rings is 1. The molecule has 1 amide bonds. The van der Waals surface area contributed by atoms with Crippen molar-refractivity contribution in [3.63, 3.8) is 0 Å². The lowest BCUT2D eigenvalue weighted by Crippen LogP contribution is -2.39. The summed E-state index contributed by atoms with van der Waals surface area (Å²) in [5.41, 5.74) is 2.93. The third kappa shape index (κ3) is 5.25. The largest absolute Gasteiger partial charge is 0.361 e. The van der Waals surface area contributed by atoms with Gasteiger partial charge in [-0.3, -0.25) is 4.79 Å². The number of piperidine rings is 1. The fourth-order valence-corrected chi connectivity index (χ4v) is 5.20. The number of aromatic nitrogens is 1. The van der Waals surface area contributed by atoms with Crippen LogP contribution in [0.25, 0.3) is 0 Å². The number of nitrogens with zero attached hydrogens (tertiary/aromatic N) is 2. The lowest BCUT2D eigenvalue weighted by Gasteiger charge is -2.31. The summed E-state index contributed by atoms with van der Waals surface area (Å²) in [4.78, 5) is 12.6. The van der Waals surface area contributed by atoms with E-state index in [1.54, 1.807) is 12.1 Å². The van der Waals surface area contributed by atoms with Crippen molar-refractivity contribution in [2.24, 2.45) is 5.92 Å². The molecule has 1 N–H and O–H groups in total. The fourth-order valence-electron chi connectivity index (χ4n) is 3.73. The Morgan fingerprint density at radius 3 is 2.41 bits per heavy atom. The maximum atomic E-state index is 12.8. The van der Waals surface area contributed by atoms with Gasteiger partial charge in [0.25, 0.3) is 0 Å². The second-order valence-electron chi connectivity index (χ2n) is 7.77. The van der Waals surface area contributed by atoms with E-state index < -0.39 is 10.0 Å². The third-order valence-corrected chi connectivity index (χ3v) is 7.50. The molecular formula is C21H29N3O4S. The fraction of sp³-hybridized carbons (Fsp3) is 0.524. The van der Waals surface area contributed by atoms with E-state index in [1.807, 2.05) is 32.9 Å². The van der Waals surface area contributed by atoms with Crippen molar-refractivity contribution in [1.29, 1.82) is 0 Å². The molecule has 1 aromatic carbocycles. The zero-order valence-electron chi connectivity index (χ0n) is 17.3. The van der Waals surface area contributed by atoms with Crippen molar-refractivity contribution in [3.8, 4) is 0 Å². The van der Waals surface area contributed by atoms with Crippen molar-refractivity contribution < 1.29 is 17.7 Å². The first kappa shape index (κ1) is 21.5. The van der Waals surface area contributed by atoms with Crippen LogP contribution in [0.2, 0.25) is 0 Å². The van der Waals surface area contributed by atoms with Crippen LogP contribution in [-0.4, -0.2) is 43.4 Å². The third-order valence-electron chi connectivity index (χ3n) is 5.58. The minimum atomic E-state index is -3.46. The minimum Gasteiger partial charge on any atom is -0.361 e. The normalized spacial score (nSPS) is 16.1. The number of aryl methyl sites for hydroxylation is 3. The predicted octanol–water partition coefficient (Wildman–Crippen LogP) is 2.75. The molecule has 0 atom stereocenters. The second-order valence-corrected chi connectivity index (χ2v) is 9.71. The van der Waals surface area contributed by atoms with E-state index in [4.69, 9.17) is 4.52 Å². The number of carbonyl (C=O) groups is 1. The van der Waals surface area contributed by atoms with Crippen molar-refractivity contribution in [2.45, 2.75) is 51.3 Å². The van der Waals surface area contributed by atoms with Crippen LogP contribution in [-0.2, 0) is 21.2 Å². The molecule has 158 valence electrons. The Bertz CT molecular complexity index is 923. The van der Waals surface area contributed by atoms with Crippen LogP contribution in [0.15, 0.2) is 33.7 Å². The second kappa shape index (κ2) is 9.09. The molecule has 0 bridgehead atoms. The minimum absolute atomic E-state index is 0.0107. The zero-order chi connectivity index (χ0) is 21.0. The molecule has 2 aromatic rings. The molecule has 1 aliphatic heterocycles. The summed E-state index contributed by atoms with van der Waals surface area (Å²) in [6.45, 7) is 7.14. The first-order chi connectivity index (χ1) is 13.8. The molecule has 29 heavy (non-hydrogen) atoms. The van der Waals surface area contributed by atoms with Gasteiger partial charge in [0.2, 0.25) is 15.9 Å². The van der Waals surface area contributed by atoms with Gasteiger partial charge in [-0.05, 0) is 58.1 Å². The van der Waals surface area contributed by atoms with E-state index in [0.29, 0.717) is 50.2 Å². The molecule has 3 rings (SSSR count). The molecule has 8 heteroatoms. The van der Waals surface area contributed by atoms with Gasteiger partial charge in [-0.2, -0.15) is 4.31 Å². The van der Waals surface area contributed by atoms with Gasteiger partial charge in [0, 0.05) is 31.6 Å². The molecule has 0 radical (unpaired) electrons. The molecule has 0 unspecified atom stereocenters. The number of nitrogens with one attached hydrogen (secondary N) is 1. The topological polar surface area (TPSA) is 92.5 Å². The number of amides is 1. The van der Waals surface area contributed by atoms with Crippen LogP contribution in [0, 0.1) is 26.7 Å². The SMILES string of the molecule is Cc1ccc(S(=O)(=O)N2CCC(CC(=O)NCCc3c(C)noc3C)CC2)cc1. The first-order valence-corrected chi connectivity index (χ1v) is 11.5. The number of hydrogen-bond acceptors (Lipinski definition) is 5. The molecule has 1 fully saturated rings. The van der Waals surface area contributed by atoms with E-state index in [2.05, 4.69) is 10.5 Å².